The maximum absolute atomic E-state index is 12.9. The second kappa shape index (κ2) is 10.2. The van der Waals surface area contributed by atoms with Gasteiger partial charge in [-0.1, -0.05) is 12.1 Å². The summed E-state index contributed by atoms with van der Waals surface area (Å²) in [4.78, 5) is 25.2. The number of methoxy groups -OCH3 is 2. The van der Waals surface area contributed by atoms with Gasteiger partial charge in [-0.25, -0.2) is 4.79 Å². The third-order valence-electron chi connectivity index (χ3n) is 5.18. The lowest BCUT2D eigenvalue weighted by molar-refractivity contribution is -0.128. The maximum Gasteiger partial charge on any atom is 0.336 e. The number of benzene rings is 3. The predicted molar refractivity (Wildman–Crippen MR) is 133 cm³/mol. The molecule has 7 nitrogen and oxygen atoms in total. The van der Waals surface area contributed by atoms with Gasteiger partial charge in [-0.05, 0) is 73.0 Å². The van der Waals surface area contributed by atoms with Gasteiger partial charge in [0.15, 0.2) is 11.5 Å². The highest BCUT2D eigenvalue weighted by atomic mass is 16.5. The SMILES string of the molecule is COc1ccc(/C=C/C(=O)Oc2ccc3c(=O)c(Oc4cc(C)cc(C)c4)coc3c2)cc1OC. The minimum absolute atomic E-state index is 0.0742. The molecule has 0 aliphatic heterocycles. The van der Waals surface area contributed by atoms with Crippen LogP contribution in [-0.2, 0) is 4.79 Å². The van der Waals surface area contributed by atoms with E-state index in [4.69, 9.17) is 23.4 Å². The van der Waals surface area contributed by atoms with Gasteiger partial charge in [0.25, 0.3) is 0 Å². The fraction of sp³-hybridized carbons (Fsp3) is 0.143. The van der Waals surface area contributed by atoms with Crippen LogP contribution in [-0.4, -0.2) is 20.2 Å². The van der Waals surface area contributed by atoms with Crippen LogP contribution in [0.25, 0.3) is 17.0 Å². The van der Waals surface area contributed by atoms with Gasteiger partial charge >= 0.3 is 5.97 Å². The van der Waals surface area contributed by atoms with Gasteiger partial charge in [-0.3, -0.25) is 4.79 Å². The van der Waals surface area contributed by atoms with Gasteiger partial charge in [0.1, 0.15) is 23.3 Å². The van der Waals surface area contributed by atoms with Gasteiger partial charge in [0, 0.05) is 12.1 Å². The van der Waals surface area contributed by atoms with Crippen molar-refractivity contribution < 1.29 is 28.2 Å². The second-order valence-corrected chi connectivity index (χ2v) is 7.88. The number of esters is 1. The number of carbonyl (C=O) groups excluding carboxylic acids is 1. The number of rotatable bonds is 7. The number of fused-ring (bicyclic) bond motifs is 1. The Labute approximate surface area is 202 Å². The molecule has 0 saturated carbocycles. The van der Waals surface area contributed by atoms with Gasteiger partial charge in [-0.15, -0.1) is 0 Å². The molecule has 1 heterocycles. The van der Waals surface area contributed by atoms with Gasteiger partial charge in [-0.2, -0.15) is 0 Å². The molecule has 0 spiro atoms. The summed E-state index contributed by atoms with van der Waals surface area (Å²) < 4.78 is 27.2. The van der Waals surface area contributed by atoms with E-state index in [0.29, 0.717) is 22.6 Å². The van der Waals surface area contributed by atoms with Crippen molar-refractivity contribution in [3.05, 3.63) is 93.9 Å². The molecule has 0 radical (unpaired) electrons. The Hall–Kier alpha value is -4.52. The van der Waals surface area contributed by atoms with E-state index in [-0.39, 0.29) is 22.5 Å². The zero-order valence-electron chi connectivity index (χ0n) is 19.8. The van der Waals surface area contributed by atoms with Crippen LogP contribution in [0.4, 0.5) is 0 Å². The molecule has 0 saturated heterocycles. The Kier molecular flexibility index (Phi) is 6.87. The minimum Gasteiger partial charge on any atom is -0.493 e. The van der Waals surface area contributed by atoms with Crippen molar-refractivity contribution in [2.75, 3.05) is 14.2 Å². The smallest absolute Gasteiger partial charge is 0.336 e. The Bertz CT molecular complexity index is 1460. The zero-order valence-corrected chi connectivity index (χ0v) is 19.8. The van der Waals surface area contributed by atoms with Crippen molar-refractivity contribution in [3.8, 4) is 28.7 Å². The number of hydrogen-bond acceptors (Lipinski definition) is 7. The van der Waals surface area contributed by atoms with Crippen LogP contribution in [0.1, 0.15) is 16.7 Å². The van der Waals surface area contributed by atoms with E-state index in [1.54, 1.807) is 31.4 Å². The highest BCUT2D eigenvalue weighted by molar-refractivity contribution is 5.89. The first-order valence-electron chi connectivity index (χ1n) is 10.8. The van der Waals surface area contributed by atoms with Gasteiger partial charge in [0.05, 0.1) is 19.6 Å². The van der Waals surface area contributed by atoms with Crippen LogP contribution in [0.15, 0.2) is 76.1 Å². The van der Waals surface area contributed by atoms with E-state index in [2.05, 4.69) is 0 Å². The quantitative estimate of drug-likeness (QED) is 0.190. The molecule has 0 atom stereocenters. The molecule has 0 unspecified atom stereocenters. The number of hydrogen-bond donors (Lipinski definition) is 0. The largest absolute Gasteiger partial charge is 0.493 e. The molecule has 35 heavy (non-hydrogen) atoms. The first kappa shape index (κ1) is 23.6. The fourth-order valence-electron chi connectivity index (χ4n) is 3.61. The molecule has 1 aromatic heterocycles. The molecule has 0 bridgehead atoms. The highest BCUT2D eigenvalue weighted by Crippen LogP contribution is 2.28. The average molecular weight is 472 g/mol. The Morgan fingerprint density at radius 2 is 1.57 bits per heavy atom. The summed E-state index contributed by atoms with van der Waals surface area (Å²) >= 11 is 0. The summed E-state index contributed by atoms with van der Waals surface area (Å²) in [6.45, 7) is 3.91. The number of carbonyl (C=O) groups is 1. The van der Waals surface area contributed by atoms with Crippen molar-refractivity contribution in [1.82, 2.24) is 0 Å². The fourth-order valence-corrected chi connectivity index (χ4v) is 3.61. The average Bonchev–Trinajstić information content (AvgIpc) is 2.83. The van der Waals surface area contributed by atoms with Crippen molar-refractivity contribution >= 4 is 23.0 Å². The van der Waals surface area contributed by atoms with E-state index in [1.165, 1.54) is 37.6 Å². The minimum atomic E-state index is -0.587. The van der Waals surface area contributed by atoms with Crippen LogP contribution < -0.4 is 24.4 Å². The third kappa shape index (κ3) is 5.52. The molecule has 4 rings (SSSR count). The third-order valence-corrected chi connectivity index (χ3v) is 5.18. The Balaban J connectivity index is 1.50. The first-order chi connectivity index (χ1) is 16.9. The lowest BCUT2D eigenvalue weighted by Crippen LogP contribution is -2.06. The summed E-state index contributed by atoms with van der Waals surface area (Å²) in [7, 11) is 3.09. The van der Waals surface area contributed by atoms with Crippen molar-refractivity contribution in [3.63, 3.8) is 0 Å². The van der Waals surface area contributed by atoms with Crippen LogP contribution in [0, 0.1) is 13.8 Å². The maximum atomic E-state index is 12.9. The van der Waals surface area contributed by atoms with E-state index in [0.717, 1.165) is 16.7 Å². The van der Waals surface area contributed by atoms with E-state index >= 15 is 0 Å². The first-order valence-corrected chi connectivity index (χ1v) is 10.8. The highest BCUT2D eigenvalue weighted by Gasteiger charge is 2.12. The second-order valence-electron chi connectivity index (χ2n) is 7.88. The molecule has 3 aromatic carbocycles. The monoisotopic (exact) mass is 472 g/mol. The molecule has 0 aliphatic carbocycles. The number of aryl methyl sites for hydroxylation is 2. The van der Waals surface area contributed by atoms with E-state index < -0.39 is 5.97 Å². The lowest BCUT2D eigenvalue weighted by atomic mass is 10.1. The van der Waals surface area contributed by atoms with Crippen molar-refractivity contribution in [2.24, 2.45) is 0 Å². The van der Waals surface area contributed by atoms with Crippen molar-refractivity contribution in [1.29, 1.82) is 0 Å². The molecule has 0 aliphatic rings. The Morgan fingerprint density at radius 3 is 2.29 bits per heavy atom. The molecule has 0 fully saturated rings. The summed E-state index contributed by atoms with van der Waals surface area (Å²) in [5, 5.41) is 0.313. The molecule has 0 amide bonds. The standard InChI is InChI=1S/C28H24O7/c1-17-11-18(2)13-21(12-17)34-26-16-33-24-15-20(7-8-22(24)28(26)30)35-27(29)10-6-19-5-9-23(31-3)25(14-19)32-4/h5-16H,1-4H3/b10-6+. The summed E-state index contributed by atoms with van der Waals surface area (Å²) in [6, 6.07) is 15.5. The zero-order chi connectivity index (χ0) is 24.9. The summed E-state index contributed by atoms with van der Waals surface area (Å²) in [5.74, 6) is 1.42. The normalized spacial score (nSPS) is 11.0. The predicted octanol–water partition coefficient (Wildman–Crippen LogP) is 5.84. The lowest BCUT2D eigenvalue weighted by Gasteiger charge is -2.08. The summed E-state index contributed by atoms with van der Waals surface area (Å²) in [5.41, 5.74) is 2.74. The van der Waals surface area contributed by atoms with E-state index in [1.807, 2.05) is 32.0 Å². The topological polar surface area (TPSA) is 84.2 Å². The van der Waals surface area contributed by atoms with Gasteiger partial charge < -0.3 is 23.4 Å². The number of ether oxygens (including phenoxy) is 4. The Morgan fingerprint density at radius 1 is 0.829 bits per heavy atom. The van der Waals surface area contributed by atoms with Crippen LogP contribution in [0.3, 0.4) is 0 Å². The van der Waals surface area contributed by atoms with Crippen LogP contribution in [0.2, 0.25) is 0 Å². The molecule has 7 heteroatoms. The molecule has 4 aromatic rings. The summed E-state index contributed by atoms with van der Waals surface area (Å²) in [6.07, 6.45) is 4.15. The molecule has 178 valence electrons. The van der Waals surface area contributed by atoms with E-state index in [9.17, 15) is 9.59 Å². The molecular weight excluding hydrogens is 448 g/mol. The van der Waals surface area contributed by atoms with Crippen LogP contribution in [0.5, 0.6) is 28.7 Å². The van der Waals surface area contributed by atoms with Crippen LogP contribution >= 0.6 is 0 Å². The molecular formula is C28H24O7. The van der Waals surface area contributed by atoms with Crippen molar-refractivity contribution in [2.45, 2.75) is 13.8 Å². The molecule has 0 N–H and O–H groups in total. The van der Waals surface area contributed by atoms with Gasteiger partial charge in [0.2, 0.25) is 11.2 Å².